The maximum absolute atomic E-state index is 10.4. The minimum atomic E-state index is -0.715. The SMILES string of the molecule is COc1ccccc1-c1cnc(CCCCCCC(=O)O)[nH]1. The van der Waals surface area contributed by atoms with Gasteiger partial charge in [0.2, 0.25) is 0 Å². The molecule has 5 nitrogen and oxygen atoms in total. The van der Waals surface area contributed by atoms with Crippen molar-refractivity contribution in [2.24, 2.45) is 0 Å². The van der Waals surface area contributed by atoms with Gasteiger partial charge in [-0.3, -0.25) is 4.79 Å². The molecule has 1 heterocycles. The lowest BCUT2D eigenvalue weighted by atomic mass is 10.1. The van der Waals surface area contributed by atoms with E-state index in [1.165, 1.54) is 0 Å². The number of aliphatic carboxylic acids is 1. The smallest absolute Gasteiger partial charge is 0.303 e. The molecule has 0 aliphatic rings. The molecule has 0 saturated carbocycles. The van der Waals surface area contributed by atoms with Crippen LogP contribution < -0.4 is 4.74 Å². The van der Waals surface area contributed by atoms with Gasteiger partial charge in [-0.2, -0.15) is 0 Å². The van der Waals surface area contributed by atoms with Crippen molar-refractivity contribution in [2.45, 2.75) is 38.5 Å². The second-order valence-electron chi connectivity index (χ2n) is 5.25. The Bertz CT molecular complexity index is 607. The molecule has 22 heavy (non-hydrogen) atoms. The summed E-state index contributed by atoms with van der Waals surface area (Å²) >= 11 is 0. The summed E-state index contributed by atoms with van der Waals surface area (Å²) in [6.07, 6.45) is 6.71. The van der Waals surface area contributed by atoms with E-state index >= 15 is 0 Å². The van der Waals surface area contributed by atoms with E-state index in [-0.39, 0.29) is 6.42 Å². The zero-order chi connectivity index (χ0) is 15.8. The fourth-order valence-corrected chi connectivity index (χ4v) is 2.42. The van der Waals surface area contributed by atoms with Crippen LogP contribution in [-0.4, -0.2) is 28.2 Å². The van der Waals surface area contributed by atoms with Gasteiger partial charge in [-0.15, -0.1) is 0 Å². The van der Waals surface area contributed by atoms with Gasteiger partial charge in [-0.1, -0.05) is 25.0 Å². The number of hydrogen-bond donors (Lipinski definition) is 2. The molecule has 0 spiro atoms. The van der Waals surface area contributed by atoms with E-state index < -0.39 is 5.97 Å². The lowest BCUT2D eigenvalue weighted by molar-refractivity contribution is -0.137. The van der Waals surface area contributed by atoms with Gasteiger partial charge in [0.05, 0.1) is 19.0 Å². The molecule has 0 aliphatic heterocycles. The molecule has 0 unspecified atom stereocenters. The topological polar surface area (TPSA) is 75.2 Å². The maximum atomic E-state index is 10.4. The van der Waals surface area contributed by atoms with Crippen LogP contribution in [0.15, 0.2) is 30.5 Å². The highest BCUT2D eigenvalue weighted by atomic mass is 16.5. The highest BCUT2D eigenvalue weighted by Gasteiger charge is 2.08. The number of carboxylic acid groups (broad SMARTS) is 1. The molecule has 118 valence electrons. The number of aryl methyl sites for hydroxylation is 1. The van der Waals surface area contributed by atoms with Crippen LogP contribution in [0.4, 0.5) is 0 Å². The Morgan fingerprint density at radius 1 is 1.23 bits per heavy atom. The zero-order valence-electron chi connectivity index (χ0n) is 12.8. The Balaban J connectivity index is 1.83. The first-order valence-corrected chi connectivity index (χ1v) is 7.60. The molecule has 0 amide bonds. The van der Waals surface area contributed by atoms with Crippen LogP contribution >= 0.6 is 0 Å². The lowest BCUT2D eigenvalue weighted by Gasteiger charge is -2.05. The lowest BCUT2D eigenvalue weighted by Crippen LogP contribution is -1.94. The molecular formula is C17H22N2O3. The van der Waals surface area contributed by atoms with Crippen molar-refractivity contribution in [3.05, 3.63) is 36.3 Å². The number of unbranched alkanes of at least 4 members (excludes halogenated alkanes) is 3. The second-order valence-corrected chi connectivity index (χ2v) is 5.25. The van der Waals surface area contributed by atoms with Gasteiger partial charge in [-0.05, 0) is 25.0 Å². The Hall–Kier alpha value is -2.30. The largest absolute Gasteiger partial charge is 0.496 e. The van der Waals surface area contributed by atoms with E-state index in [2.05, 4.69) is 9.97 Å². The van der Waals surface area contributed by atoms with Crippen molar-refractivity contribution < 1.29 is 14.6 Å². The number of carboxylic acids is 1. The third kappa shape index (κ3) is 4.62. The average Bonchev–Trinajstić information content (AvgIpc) is 2.99. The fourth-order valence-electron chi connectivity index (χ4n) is 2.42. The van der Waals surface area contributed by atoms with E-state index in [9.17, 15) is 4.79 Å². The van der Waals surface area contributed by atoms with Crippen molar-refractivity contribution in [1.82, 2.24) is 9.97 Å². The van der Waals surface area contributed by atoms with Gasteiger partial charge >= 0.3 is 5.97 Å². The van der Waals surface area contributed by atoms with Gasteiger partial charge in [-0.25, -0.2) is 4.98 Å². The number of aromatic amines is 1. The van der Waals surface area contributed by atoms with Crippen LogP contribution in [0.5, 0.6) is 5.75 Å². The summed E-state index contributed by atoms with van der Waals surface area (Å²) in [5.74, 6) is 1.07. The summed E-state index contributed by atoms with van der Waals surface area (Å²) < 4.78 is 5.36. The van der Waals surface area contributed by atoms with E-state index in [1.807, 2.05) is 30.5 Å². The molecule has 0 aliphatic carbocycles. The van der Waals surface area contributed by atoms with E-state index in [0.717, 1.165) is 54.9 Å². The predicted molar refractivity (Wildman–Crippen MR) is 85.0 cm³/mol. The minimum absolute atomic E-state index is 0.263. The highest BCUT2D eigenvalue weighted by molar-refractivity contribution is 5.67. The quantitative estimate of drug-likeness (QED) is 0.693. The van der Waals surface area contributed by atoms with Crippen molar-refractivity contribution in [3.8, 4) is 17.0 Å². The summed E-state index contributed by atoms with van der Waals surface area (Å²) in [5.41, 5.74) is 1.96. The summed E-state index contributed by atoms with van der Waals surface area (Å²) in [7, 11) is 1.66. The number of nitrogens with zero attached hydrogens (tertiary/aromatic N) is 1. The molecule has 2 N–H and O–H groups in total. The number of rotatable bonds is 9. The summed E-state index contributed by atoms with van der Waals surface area (Å²) in [5, 5.41) is 8.58. The molecule has 5 heteroatoms. The molecule has 0 saturated heterocycles. The van der Waals surface area contributed by atoms with Crippen molar-refractivity contribution in [3.63, 3.8) is 0 Å². The summed E-state index contributed by atoms with van der Waals surface area (Å²) in [4.78, 5) is 18.2. The zero-order valence-corrected chi connectivity index (χ0v) is 12.8. The van der Waals surface area contributed by atoms with E-state index in [0.29, 0.717) is 0 Å². The van der Waals surface area contributed by atoms with Crippen LogP contribution in [0, 0.1) is 0 Å². The first kappa shape index (κ1) is 16.1. The van der Waals surface area contributed by atoms with Gasteiger partial charge in [0, 0.05) is 18.4 Å². The third-order valence-corrected chi connectivity index (χ3v) is 3.58. The van der Waals surface area contributed by atoms with Crippen molar-refractivity contribution >= 4 is 5.97 Å². The molecule has 0 atom stereocenters. The summed E-state index contributed by atoms with van der Waals surface area (Å²) in [6.45, 7) is 0. The Labute approximate surface area is 130 Å². The number of H-pyrrole nitrogens is 1. The molecule has 1 aromatic heterocycles. The molecule has 0 bridgehead atoms. The number of carbonyl (C=O) groups is 1. The molecule has 2 aromatic rings. The van der Waals surface area contributed by atoms with Gasteiger partial charge in [0.15, 0.2) is 0 Å². The summed E-state index contributed by atoms with van der Waals surface area (Å²) in [6, 6.07) is 7.85. The molecular weight excluding hydrogens is 280 g/mol. The molecule has 1 aromatic carbocycles. The highest BCUT2D eigenvalue weighted by Crippen LogP contribution is 2.28. The van der Waals surface area contributed by atoms with Gasteiger partial charge in [0.1, 0.15) is 11.6 Å². The van der Waals surface area contributed by atoms with Crippen LogP contribution in [0.1, 0.15) is 37.9 Å². The van der Waals surface area contributed by atoms with Gasteiger partial charge < -0.3 is 14.8 Å². The third-order valence-electron chi connectivity index (χ3n) is 3.58. The number of hydrogen-bond acceptors (Lipinski definition) is 3. The molecule has 0 radical (unpaired) electrons. The van der Waals surface area contributed by atoms with E-state index in [1.54, 1.807) is 7.11 Å². The van der Waals surface area contributed by atoms with Crippen LogP contribution in [0.2, 0.25) is 0 Å². The van der Waals surface area contributed by atoms with Crippen LogP contribution in [0.25, 0.3) is 11.3 Å². The monoisotopic (exact) mass is 302 g/mol. The molecule has 0 fully saturated rings. The van der Waals surface area contributed by atoms with Crippen molar-refractivity contribution in [1.29, 1.82) is 0 Å². The molecule has 2 rings (SSSR count). The first-order valence-electron chi connectivity index (χ1n) is 7.60. The second kappa shape index (κ2) is 8.22. The maximum Gasteiger partial charge on any atom is 0.303 e. The van der Waals surface area contributed by atoms with E-state index in [4.69, 9.17) is 9.84 Å². The number of benzene rings is 1. The van der Waals surface area contributed by atoms with Gasteiger partial charge in [0.25, 0.3) is 0 Å². The number of ether oxygens (including phenoxy) is 1. The number of methoxy groups -OCH3 is 1. The van der Waals surface area contributed by atoms with Crippen LogP contribution in [0.3, 0.4) is 0 Å². The standard InChI is InChI=1S/C17H22N2O3/c1-22-15-9-7-6-8-13(15)14-12-18-16(19-14)10-4-2-3-5-11-17(20)21/h6-9,12H,2-5,10-11H2,1H3,(H,18,19)(H,20,21). The van der Waals surface area contributed by atoms with Crippen molar-refractivity contribution in [2.75, 3.05) is 7.11 Å². The Kier molecular flexibility index (Phi) is 6.01. The first-order chi connectivity index (χ1) is 10.7. The number of nitrogens with one attached hydrogen (secondary N) is 1. The minimum Gasteiger partial charge on any atom is -0.496 e. The number of para-hydroxylation sites is 1. The van der Waals surface area contributed by atoms with Crippen LogP contribution in [-0.2, 0) is 11.2 Å². The predicted octanol–water partition coefficient (Wildman–Crippen LogP) is 3.66. The average molecular weight is 302 g/mol. The Morgan fingerprint density at radius 3 is 2.77 bits per heavy atom. The normalized spacial score (nSPS) is 10.6. The fraction of sp³-hybridized carbons (Fsp3) is 0.412. The Morgan fingerprint density at radius 2 is 2.00 bits per heavy atom. The number of aromatic nitrogens is 2. The number of imidazole rings is 1.